The van der Waals surface area contributed by atoms with Crippen molar-refractivity contribution in [2.75, 3.05) is 24.9 Å². The third-order valence-electron chi connectivity index (χ3n) is 6.69. The van der Waals surface area contributed by atoms with Gasteiger partial charge in [-0.25, -0.2) is 0 Å². The Morgan fingerprint density at radius 1 is 0.972 bits per heavy atom. The number of nitro benzene ring substituents is 1. The van der Waals surface area contributed by atoms with Crippen LogP contribution in [0.5, 0.6) is 11.5 Å². The van der Waals surface area contributed by atoms with Gasteiger partial charge in [0, 0.05) is 40.4 Å². The van der Waals surface area contributed by atoms with Gasteiger partial charge in [0.25, 0.3) is 5.69 Å². The molecule has 5 rings (SSSR count). The minimum absolute atomic E-state index is 0.0589. The first kappa shape index (κ1) is 23.7. The number of anilines is 2. The molecule has 0 fully saturated rings. The summed E-state index contributed by atoms with van der Waals surface area (Å²) in [7, 11) is 3.16. The molecule has 3 aromatic carbocycles. The SMILES string of the molecule is COc1ccc([C@@H]2CC(=O)C3=C(C2)Nc2ccccc2N[C@@H]3c2cc([N+](=O)[O-])ccc2Cl)cc1OC. The highest BCUT2D eigenvalue weighted by atomic mass is 35.5. The maximum atomic E-state index is 13.7. The predicted octanol–water partition coefficient (Wildman–Crippen LogP) is 6.24. The van der Waals surface area contributed by atoms with Crippen molar-refractivity contribution in [3.8, 4) is 11.5 Å². The van der Waals surface area contributed by atoms with Crippen LogP contribution >= 0.6 is 11.6 Å². The van der Waals surface area contributed by atoms with Gasteiger partial charge in [-0.1, -0.05) is 29.8 Å². The highest BCUT2D eigenvalue weighted by Crippen LogP contribution is 2.46. The fraction of sp³-hybridized carbons (Fsp3) is 0.222. The predicted molar refractivity (Wildman–Crippen MR) is 138 cm³/mol. The summed E-state index contributed by atoms with van der Waals surface area (Å²) >= 11 is 6.54. The second kappa shape index (κ2) is 9.54. The standard InChI is InChI=1S/C27H24ClN3O5/c1-35-24-10-7-15(13-25(24)36-2)16-11-22-26(23(32)12-16)27(30-21-6-4-3-5-20(21)29-22)18-14-17(31(33)34)8-9-19(18)28/h3-10,13-14,16,27,29-30H,11-12H2,1-2H3/t16-,27+/m0/s1. The lowest BCUT2D eigenvalue weighted by Crippen LogP contribution is -2.27. The van der Waals surface area contributed by atoms with E-state index in [4.69, 9.17) is 21.1 Å². The molecule has 0 unspecified atom stereocenters. The van der Waals surface area contributed by atoms with Gasteiger partial charge in [0.2, 0.25) is 0 Å². The van der Waals surface area contributed by atoms with Gasteiger partial charge >= 0.3 is 0 Å². The number of para-hydroxylation sites is 2. The number of benzene rings is 3. The Morgan fingerprint density at radius 2 is 1.72 bits per heavy atom. The van der Waals surface area contributed by atoms with E-state index in [9.17, 15) is 14.9 Å². The van der Waals surface area contributed by atoms with E-state index in [0.29, 0.717) is 34.1 Å². The van der Waals surface area contributed by atoms with E-state index in [2.05, 4.69) is 10.6 Å². The quantitative estimate of drug-likeness (QED) is 0.312. The molecular formula is C27H24ClN3O5. The average Bonchev–Trinajstić information content (AvgIpc) is 3.05. The number of methoxy groups -OCH3 is 2. The van der Waals surface area contributed by atoms with Crippen molar-refractivity contribution in [1.82, 2.24) is 0 Å². The van der Waals surface area contributed by atoms with Crippen LogP contribution < -0.4 is 20.1 Å². The molecule has 0 saturated heterocycles. The van der Waals surface area contributed by atoms with E-state index in [1.165, 1.54) is 18.2 Å². The number of carbonyl (C=O) groups excluding carboxylic acids is 1. The van der Waals surface area contributed by atoms with Crippen LogP contribution in [0.1, 0.15) is 35.9 Å². The van der Waals surface area contributed by atoms with E-state index in [1.54, 1.807) is 14.2 Å². The van der Waals surface area contributed by atoms with Crippen molar-refractivity contribution in [1.29, 1.82) is 0 Å². The first-order chi connectivity index (χ1) is 17.4. The lowest BCUT2D eigenvalue weighted by molar-refractivity contribution is -0.384. The van der Waals surface area contributed by atoms with Gasteiger partial charge in [0.1, 0.15) is 0 Å². The van der Waals surface area contributed by atoms with Crippen molar-refractivity contribution in [2.45, 2.75) is 24.8 Å². The smallest absolute Gasteiger partial charge is 0.269 e. The molecule has 1 aliphatic carbocycles. The molecule has 2 N–H and O–H groups in total. The number of hydrogen-bond donors (Lipinski definition) is 2. The molecule has 1 aliphatic heterocycles. The van der Waals surface area contributed by atoms with Crippen molar-refractivity contribution in [3.05, 3.63) is 98.2 Å². The maximum absolute atomic E-state index is 13.7. The molecule has 0 spiro atoms. The summed E-state index contributed by atoms with van der Waals surface area (Å²) in [4.78, 5) is 24.8. The third-order valence-corrected chi connectivity index (χ3v) is 7.03. The average molecular weight is 506 g/mol. The van der Waals surface area contributed by atoms with Gasteiger partial charge in [-0.2, -0.15) is 0 Å². The Labute approximate surface area is 213 Å². The Hall–Kier alpha value is -4.04. The molecule has 8 nitrogen and oxygen atoms in total. The van der Waals surface area contributed by atoms with E-state index in [1.807, 2.05) is 42.5 Å². The van der Waals surface area contributed by atoms with Crippen LogP contribution in [0.15, 0.2) is 71.9 Å². The summed E-state index contributed by atoms with van der Waals surface area (Å²) in [5.74, 6) is 1.07. The highest BCUT2D eigenvalue weighted by Gasteiger charge is 2.37. The Balaban J connectivity index is 1.62. The fourth-order valence-corrected chi connectivity index (χ4v) is 5.16. The largest absolute Gasteiger partial charge is 0.493 e. The van der Waals surface area contributed by atoms with E-state index in [-0.39, 0.29) is 23.8 Å². The minimum Gasteiger partial charge on any atom is -0.493 e. The lowest BCUT2D eigenvalue weighted by Gasteiger charge is -2.30. The summed E-state index contributed by atoms with van der Waals surface area (Å²) in [6.45, 7) is 0. The van der Waals surface area contributed by atoms with E-state index in [0.717, 1.165) is 22.6 Å². The van der Waals surface area contributed by atoms with Gasteiger partial charge in [0.15, 0.2) is 17.3 Å². The zero-order valence-electron chi connectivity index (χ0n) is 19.7. The number of nitrogens with one attached hydrogen (secondary N) is 2. The zero-order valence-corrected chi connectivity index (χ0v) is 20.5. The number of allylic oxidation sites excluding steroid dienone is 1. The number of nitrogens with zero attached hydrogens (tertiary/aromatic N) is 1. The van der Waals surface area contributed by atoms with Gasteiger partial charge in [0.05, 0.1) is 36.6 Å². The number of carbonyl (C=O) groups is 1. The molecule has 36 heavy (non-hydrogen) atoms. The number of nitro groups is 1. The van der Waals surface area contributed by atoms with Crippen LogP contribution in [0.4, 0.5) is 17.1 Å². The molecule has 0 aromatic heterocycles. The molecular weight excluding hydrogens is 482 g/mol. The minimum atomic E-state index is -0.651. The number of fused-ring (bicyclic) bond motifs is 1. The number of ether oxygens (including phenoxy) is 2. The topological polar surface area (TPSA) is 103 Å². The van der Waals surface area contributed by atoms with Gasteiger partial charge < -0.3 is 20.1 Å². The summed E-state index contributed by atoms with van der Waals surface area (Å²) in [5.41, 5.74) is 4.24. The first-order valence-electron chi connectivity index (χ1n) is 11.4. The van der Waals surface area contributed by atoms with Crippen LogP contribution in [-0.4, -0.2) is 24.9 Å². The number of non-ortho nitro benzene ring substituents is 1. The summed E-state index contributed by atoms with van der Waals surface area (Å²) in [5, 5.41) is 18.7. The Bertz CT molecular complexity index is 1400. The van der Waals surface area contributed by atoms with Crippen LogP contribution in [0.3, 0.4) is 0 Å². The number of hydrogen-bond acceptors (Lipinski definition) is 7. The van der Waals surface area contributed by atoms with Gasteiger partial charge in [-0.3, -0.25) is 14.9 Å². The summed E-state index contributed by atoms with van der Waals surface area (Å²) in [6.07, 6.45) is 0.840. The van der Waals surface area contributed by atoms with Crippen LogP contribution in [-0.2, 0) is 4.79 Å². The molecule has 0 bridgehead atoms. The maximum Gasteiger partial charge on any atom is 0.269 e. The normalized spacial score (nSPS) is 18.8. The molecule has 3 aromatic rings. The zero-order chi connectivity index (χ0) is 25.4. The monoisotopic (exact) mass is 505 g/mol. The highest BCUT2D eigenvalue weighted by molar-refractivity contribution is 6.31. The van der Waals surface area contributed by atoms with E-state index >= 15 is 0 Å². The summed E-state index contributed by atoms with van der Waals surface area (Å²) < 4.78 is 10.8. The molecule has 0 saturated carbocycles. The van der Waals surface area contributed by atoms with Crippen molar-refractivity contribution >= 4 is 34.4 Å². The van der Waals surface area contributed by atoms with E-state index < -0.39 is 11.0 Å². The third kappa shape index (κ3) is 4.24. The molecule has 9 heteroatoms. The molecule has 0 amide bonds. The molecule has 184 valence electrons. The second-order valence-electron chi connectivity index (χ2n) is 8.75. The molecule has 0 radical (unpaired) electrons. The number of ketones is 1. The fourth-order valence-electron chi connectivity index (χ4n) is 4.93. The number of rotatable bonds is 5. The van der Waals surface area contributed by atoms with Crippen LogP contribution in [0.2, 0.25) is 5.02 Å². The Kier molecular flexibility index (Phi) is 6.28. The van der Waals surface area contributed by atoms with Crippen molar-refractivity contribution in [3.63, 3.8) is 0 Å². The van der Waals surface area contributed by atoms with Gasteiger partial charge in [-0.15, -0.1) is 0 Å². The summed E-state index contributed by atoms with van der Waals surface area (Å²) in [6, 6.07) is 17.0. The Morgan fingerprint density at radius 3 is 2.44 bits per heavy atom. The molecule has 2 aliphatic rings. The molecule has 1 heterocycles. The van der Waals surface area contributed by atoms with Crippen LogP contribution in [0.25, 0.3) is 0 Å². The van der Waals surface area contributed by atoms with Crippen molar-refractivity contribution < 1.29 is 19.2 Å². The van der Waals surface area contributed by atoms with Crippen LogP contribution in [0, 0.1) is 10.1 Å². The first-order valence-corrected chi connectivity index (χ1v) is 11.8. The number of Topliss-reactive ketones (excluding diaryl/α,β-unsaturated/α-hetero) is 1. The van der Waals surface area contributed by atoms with Crippen molar-refractivity contribution in [2.24, 2.45) is 0 Å². The number of halogens is 1. The lowest BCUT2D eigenvalue weighted by atomic mass is 9.78. The molecule has 2 atom stereocenters. The van der Waals surface area contributed by atoms with Gasteiger partial charge in [-0.05, 0) is 48.2 Å². The second-order valence-corrected chi connectivity index (χ2v) is 9.15.